The van der Waals surface area contributed by atoms with Gasteiger partial charge in [0.2, 0.25) is 0 Å². The molecule has 0 spiro atoms. The summed E-state index contributed by atoms with van der Waals surface area (Å²) in [5.74, 6) is 0.884. The normalized spacial score (nSPS) is 22.2. The number of hydrogen-bond donors (Lipinski definition) is 1. The van der Waals surface area contributed by atoms with E-state index in [1.54, 1.807) is 0 Å². The highest BCUT2D eigenvalue weighted by atomic mass is 16.5. The van der Waals surface area contributed by atoms with E-state index in [0.717, 1.165) is 19.1 Å². The number of ether oxygens (including phenoxy) is 1. The Bertz CT molecular complexity index is 130. The van der Waals surface area contributed by atoms with Crippen molar-refractivity contribution >= 4 is 0 Å². The first-order chi connectivity index (χ1) is 6.18. The SMILES string of the molecule is CC(C)NC(C)CC1CCOCC1. The first kappa shape index (κ1) is 11.0. The molecule has 0 saturated carbocycles. The topological polar surface area (TPSA) is 21.3 Å². The molecule has 1 aliphatic heterocycles. The van der Waals surface area contributed by atoms with Crippen LogP contribution in [-0.2, 0) is 4.74 Å². The van der Waals surface area contributed by atoms with Crippen molar-refractivity contribution in [1.29, 1.82) is 0 Å². The molecule has 1 heterocycles. The monoisotopic (exact) mass is 185 g/mol. The van der Waals surface area contributed by atoms with Crippen LogP contribution in [0.1, 0.15) is 40.0 Å². The minimum absolute atomic E-state index is 0.606. The van der Waals surface area contributed by atoms with Crippen molar-refractivity contribution in [2.24, 2.45) is 5.92 Å². The molecular formula is C11H23NO. The van der Waals surface area contributed by atoms with Gasteiger partial charge >= 0.3 is 0 Å². The summed E-state index contributed by atoms with van der Waals surface area (Å²) in [6, 6.07) is 1.26. The molecule has 0 aromatic rings. The fraction of sp³-hybridized carbons (Fsp3) is 1.00. The Kier molecular flexibility index (Phi) is 4.74. The van der Waals surface area contributed by atoms with Crippen LogP contribution in [0.25, 0.3) is 0 Å². The second-order valence-corrected chi connectivity index (χ2v) is 4.51. The van der Waals surface area contributed by atoms with Gasteiger partial charge < -0.3 is 10.1 Å². The Morgan fingerprint density at radius 1 is 1.23 bits per heavy atom. The zero-order valence-electron chi connectivity index (χ0n) is 9.18. The molecule has 1 atom stereocenters. The van der Waals surface area contributed by atoms with Gasteiger partial charge in [-0.25, -0.2) is 0 Å². The predicted octanol–water partition coefficient (Wildman–Crippen LogP) is 2.19. The van der Waals surface area contributed by atoms with Crippen molar-refractivity contribution in [2.45, 2.75) is 52.1 Å². The fourth-order valence-electron chi connectivity index (χ4n) is 2.12. The molecular weight excluding hydrogens is 162 g/mol. The van der Waals surface area contributed by atoms with Crippen molar-refractivity contribution in [3.63, 3.8) is 0 Å². The maximum Gasteiger partial charge on any atom is 0.0468 e. The van der Waals surface area contributed by atoms with E-state index in [9.17, 15) is 0 Å². The Morgan fingerprint density at radius 3 is 2.38 bits per heavy atom. The third-order valence-corrected chi connectivity index (χ3v) is 2.65. The zero-order valence-corrected chi connectivity index (χ0v) is 9.18. The summed E-state index contributed by atoms with van der Waals surface area (Å²) in [5, 5.41) is 3.55. The van der Waals surface area contributed by atoms with Crippen molar-refractivity contribution in [3.8, 4) is 0 Å². The minimum atomic E-state index is 0.606. The lowest BCUT2D eigenvalue weighted by atomic mass is 9.93. The van der Waals surface area contributed by atoms with E-state index in [-0.39, 0.29) is 0 Å². The summed E-state index contributed by atoms with van der Waals surface area (Å²) in [6.07, 6.45) is 3.82. The molecule has 78 valence electrons. The molecule has 1 rings (SSSR count). The molecule has 1 fully saturated rings. The number of rotatable bonds is 4. The van der Waals surface area contributed by atoms with Crippen LogP contribution in [0.3, 0.4) is 0 Å². The Balaban J connectivity index is 2.14. The van der Waals surface area contributed by atoms with E-state index in [1.807, 2.05) is 0 Å². The largest absolute Gasteiger partial charge is 0.381 e. The molecule has 0 aromatic carbocycles. The maximum absolute atomic E-state index is 5.34. The lowest BCUT2D eigenvalue weighted by molar-refractivity contribution is 0.0609. The molecule has 0 bridgehead atoms. The standard InChI is InChI=1S/C11H23NO/c1-9(2)12-10(3)8-11-4-6-13-7-5-11/h9-12H,4-8H2,1-3H3. The van der Waals surface area contributed by atoms with Gasteiger partial charge in [0.1, 0.15) is 0 Å². The predicted molar refractivity (Wildman–Crippen MR) is 55.9 cm³/mol. The zero-order chi connectivity index (χ0) is 9.68. The van der Waals surface area contributed by atoms with Gasteiger partial charge in [-0.05, 0) is 32.1 Å². The average Bonchev–Trinajstić information content (AvgIpc) is 2.04. The second kappa shape index (κ2) is 5.61. The Morgan fingerprint density at radius 2 is 1.85 bits per heavy atom. The molecule has 1 unspecified atom stereocenters. The molecule has 1 saturated heterocycles. The van der Waals surface area contributed by atoms with Crippen LogP contribution in [0.4, 0.5) is 0 Å². The molecule has 0 aliphatic carbocycles. The molecule has 0 amide bonds. The highest BCUT2D eigenvalue weighted by molar-refractivity contribution is 4.71. The van der Waals surface area contributed by atoms with Gasteiger partial charge in [-0.15, -0.1) is 0 Å². The summed E-state index contributed by atoms with van der Waals surface area (Å²) >= 11 is 0. The number of hydrogen-bond acceptors (Lipinski definition) is 2. The van der Waals surface area contributed by atoms with Crippen LogP contribution in [0.15, 0.2) is 0 Å². The van der Waals surface area contributed by atoms with Gasteiger partial charge in [0.15, 0.2) is 0 Å². The van der Waals surface area contributed by atoms with E-state index >= 15 is 0 Å². The molecule has 2 nitrogen and oxygen atoms in total. The van der Waals surface area contributed by atoms with Gasteiger partial charge in [-0.1, -0.05) is 13.8 Å². The quantitative estimate of drug-likeness (QED) is 0.725. The van der Waals surface area contributed by atoms with Gasteiger partial charge in [0.05, 0.1) is 0 Å². The second-order valence-electron chi connectivity index (χ2n) is 4.51. The van der Waals surface area contributed by atoms with Crippen molar-refractivity contribution in [1.82, 2.24) is 5.32 Å². The van der Waals surface area contributed by atoms with E-state index in [0.29, 0.717) is 12.1 Å². The van der Waals surface area contributed by atoms with Crippen molar-refractivity contribution < 1.29 is 4.74 Å². The fourth-order valence-corrected chi connectivity index (χ4v) is 2.12. The lowest BCUT2D eigenvalue weighted by Gasteiger charge is -2.26. The summed E-state index contributed by atoms with van der Waals surface area (Å²) < 4.78 is 5.34. The van der Waals surface area contributed by atoms with E-state index in [2.05, 4.69) is 26.1 Å². The van der Waals surface area contributed by atoms with Gasteiger partial charge in [0, 0.05) is 25.3 Å². The summed E-state index contributed by atoms with van der Waals surface area (Å²) in [7, 11) is 0. The first-order valence-corrected chi connectivity index (χ1v) is 5.52. The Labute approximate surface area is 82.0 Å². The molecule has 0 aromatic heterocycles. The molecule has 1 N–H and O–H groups in total. The Hall–Kier alpha value is -0.0800. The third kappa shape index (κ3) is 4.63. The minimum Gasteiger partial charge on any atom is -0.381 e. The van der Waals surface area contributed by atoms with E-state index < -0.39 is 0 Å². The maximum atomic E-state index is 5.34. The molecule has 1 aliphatic rings. The van der Waals surface area contributed by atoms with Crippen molar-refractivity contribution in [3.05, 3.63) is 0 Å². The van der Waals surface area contributed by atoms with Crippen LogP contribution in [0.5, 0.6) is 0 Å². The van der Waals surface area contributed by atoms with E-state index in [1.165, 1.54) is 19.3 Å². The van der Waals surface area contributed by atoms with Crippen LogP contribution < -0.4 is 5.32 Å². The number of nitrogens with one attached hydrogen (secondary N) is 1. The van der Waals surface area contributed by atoms with Crippen LogP contribution in [-0.4, -0.2) is 25.3 Å². The lowest BCUT2D eigenvalue weighted by Crippen LogP contribution is -2.34. The highest BCUT2D eigenvalue weighted by Crippen LogP contribution is 2.19. The van der Waals surface area contributed by atoms with Gasteiger partial charge in [-0.3, -0.25) is 0 Å². The molecule has 13 heavy (non-hydrogen) atoms. The van der Waals surface area contributed by atoms with Crippen LogP contribution in [0.2, 0.25) is 0 Å². The van der Waals surface area contributed by atoms with Crippen LogP contribution in [0, 0.1) is 5.92 Å². The average molecular weight is 185 g/mol. The van der Waals surface area contributed by atoms with Gasteiger partial charge in [0.25, 0.3) is 0 Å². The summed E-state index contributed by atoms with van der Waals surface area (Å²) in [6.45, 7) is 8.65. The smallest absolute Gasteiger partial charge is 0.0468 e. The third-order valence-electron chi connectivity index (χ3n) is 2.65. The summed E-state index contributed by atoms with van der Waals surface area (Å²) in [5.41, 5.74) is 0. The first-order valence-electron chi connectivity index (χ1n) is 5.52. The highest BCUT2D eigenvalue weighted by Gasteiger charge is 2.16. The van der Waals surface area contributed by atoms with Crippen LogP contribution >= 0.6 is 0 Å². The molecule has 2 heteroatoms. The molecule has 0 radical (unpaired) electrons. The van der Waals surface area contributed by atoms with Gasteiger partial charge in [-0.2, -0.15) is 0 Å². The van der Waals surface area contributed by atoms with Crippen molar-refractivity contribution in [2.75, 3.05) is 13.2 Å². The van der Waals surface area contributed by atoms with E-state index in [4.69, 9.17) is 4.74 Å². The summed E-state index contributed by atoms with van der Waals surface area (Å²) in [4.78, 5) is 0.